The number of aromatic nitrogens is 1. The Hall–Kier alpha value is -2.38. The van der Waals surface area contributed by atoms with Crippen molar-refractivity contribution in [2.24, 2.45) is 0 Å². The highest BCUT2D eigenvalue weighted by molar-refractivity contribution is 7.14. The van der Waals surface area contributed by atoms with Gasteiger partial charge in [0.05, 0.1) is 18.4 Å². The number of carbonyl (C=O) groups excluding carboxylic acids is 1. The number of methoxy groups -OCH3 is 1. The molecule has 1 aromatic carbocycles. The number of amides is 1. The van der Waals surface area contributed by atoms with Gasteiger partial charge in [-0.05, 0) is 23.6 Å². The van der Waals surface area contributed by atoms with E-state index in [-0.39, 0.29) is 5.91 Å². The summed E-state index contributed by atoms with van der Waals surface area (Å²) in [5.74, 6) is 0.653. The van der Waals surface area contributed by atoms with E-state index in [1.807, 2.05) is 29.2 Å². The molecule has 0 N–H and O–H groups in total. The number of thiazole rings is 1. The molecule has 0 radical (unpaired) electrons. The van der Waals surface area contributed by atoms with E-state index >= 15 is 0 Å². The molecule has 1 aliphatic heterocycles. The van der Waals surface area contributed by atoms with Crippen LogP contribution < -0.4 is 9.64 Å². The van der Waals surface area contributed by atoms with Crippen molar-refractivity contribution in [1.29, 1.82) is 0 Å². The Labute approximate surface area is 160 Å². The molecule has 134 valence electrons. The van der Waals surface area contributed by atoms with Gasteiger partial charge in [0.1, 0.15) is 5.75 Å². The van der Waals surface area contributed by atoms with E-state index in [9.17, 15) is 4.79 Å². The maximum atomic E-state index is 12.8. The predicted octanol–water partition coefficient (Wildman–Crippen LogP) is 3.84. The topological polar surface area (TPSA) is 45.7 Å². The lowest BCUT2D eigenvalue weighted by molar-refractivity contribution is 0.0743. The first-order valence-corrected chi connectivity index (χ1v) is 10.2. The summed E-state index contributed by atoms with van der Waals surface area (Å²) in [5, 5.41) is 7.30. The largest absolute Gasteiger partial charge is 0.496 e. The second kappa shape index (κ2) is 7.47. The van der Waals surface area contributed by atoms with Crippen molar-refractivity contribution >= 4 is 33.7 Å². The molecule has 2 aromatic heterocycles. The molecule has 0 bridgehead atoms. The molecule has 1 aliphatic rings. The van der Waals surface area contributed by atoms with Crippen LogP contribution in [0, 0.1) is 0 Å². The minimum absolute atomic E-state index is 0.0280. The summed E-state index contributed by atoms with van der Waals surface area (Å²) in [4.78, 5) is 21.7. The highest BCUT2D eigenvalue weighted by atomic mass is 32.1. The minimum Gasteiger partial charge on any atom is -0.496 e. The first-order valence-electron chi connectivity index (χ1n) is 8.41. The number of thiophene rings is 1. The van der Waals surface area contributed by atoms with E-state index in [2.05, 4.69) is 27.1 Å². The summed E-state index contributed by atoms with van der Waals surface area (Å²) in [5.41, 5.74) is 2.82. The van der Waals surface area contributed by atoms with Gasteiger partial charge in [0, 0.05) is 42.5 Å². The Morgan fingerprint density at radius 1 is 1.12 bits per heavy atom. The van der Waals surface area contributed by atoms with Crippen molar-refractivity contribution in [3.8, 4) is 17.0 Å². The van der Waals surface area contributed by atoms with Gasteiger partial charge in [0.2, 0.25) is 0 Å². The summed E-state index contributed by atoms with van der Waals surface area (Å²) in [7, 11) is 1.59. The summed E-state index contributed by atoms with van der Waals surface area (Å²) in [6.07, 6.45) is 0. The lowest BCUT2D eigenvalue weighted by atomic mass is 10.1. The second-order valence-electron chi connectivity index (χ2n) is 6.01. The van der Waals surface area contributed by atoms with E-state index in [1.165, 1.54) is 5.56 Å². The molecule has 26 heavy (non-hydrogen) atoms. The molecule has 1 fully saturated rings. The number of para-hydroxylation sites is 1. The number of anilines is 1. The van der Waals surface area contributed by atoms with Crippen molar-refractivity contribution in [3.05, 3.63) is 52.0 Å². The Morgan fingerprint density at radius 2 is 1.92 bits per heavy atom. The number of rotatable bonds is 4. The van der Waals surface area contributed by atoms with Crippen molar-refractivity contribution in [2.45, 2.75) is 0 Å². The Balaban J connectivity index is 1.42. The monoisotopic (exact) mass is 385 g/mol. The predicted molar refractivity (Wildman–Crippen MR) is 107 cm³/mol. The van der Waals surface area contributed by atoms with Gasteiger partial charge in [0.25, 0.3) is 5.91 Å². The summed E-state index contributed by atoms with van der Waals surface area (Å²) < 4.78 is 5.32. The smallest absolute Gasteiger partial charge is 0.257 e. The first kappa shape index (κ1) is 17.1. The highest BCUT2D eigenvalue weighted by Crippen LogP contribution is 2.29. The molecule has 3 heterocycles. The number of hydrogen-bond donors (Lipinski definition) is 0. The number of piperazine rings is 1. The van der Waals surface area contributed by atoms with Gasteiger partial charge in [0.15, 0.2) is 5.13 Å². The van der Waals surface area contributed by atoms with Crippen LogP contribution in [-0.4, -0.2) is 49.1 Å². The summed E-state index contributed by atoms with van der Waals surface area (Å²) >= 11 is 3.34. The van der Waals surface area contributed by atoms with E-state index in [1.54, 1.807) is 29.8 Å². The van der Waals surface area contributed by atoms with Gasteiger partial charge in [-0.15, -0.1) is 11.3 Å². The number of benzene rings is 1. The zero-order chi connectivity index (χ0) is 17.9. The van der Waals surface area contributed by atoms with E-state index in [4.69, 9.17) is 9.72 Å². The number of carbonyl (C=O) groups is 1. The van der Waals surface area contributed by atoms with Crippen molar-refractivity contribution < 1.29 is 9.53 Å². The fraction of sp³-hybridized carbons (Fsp3) is 0.263. The van der Waals surface area contributed by atoms with Gasteiger partial charge in [-0.3, -0.25) is 4.79 Å². The van der Waals surface area contributed by atoms with E-state index in [0.717, 1.165) is 23.9 Å². The van der Waals surface area contributed by atoms with Crippen LogP contribution in [0.4, 0.5) is 5.13 Å². The molecule has 5 nitrogen and oxygen atoms in total. The maximum Gasteiger partial charge on any atom is 0.257 e. The van der Waals surface area contributed by atoms with Crippen LogP contribution in [0.2, 0.25) is 0 Å². The molecule has 3 aromatic rings. The van der Waals surface area contributed by atoms with Gasteiger partial charge in [-0.25, -0.2) is 4.98 Å². The second-order valence-corrected chi connectivity index (χ2v) is 7.62. The fourth-order valence-corrected chi connectivity index (χ4v) is 4.58. The lowest BCUT2D eigenvalue weighted by Crippen LogP contribution is -2.48. The standard InChI is InChI=1S/C19H19N3O2S2/c1-24-17-5-3-2-4-15(17)18(23)21-7-9-22(10-8-21)19-20-16(13-26-19)14-6-11-25-12-14/h2-6,11-13H,7-10H2,1H3. The molecule has 7 heteroatoms. The summed E-state index contributed by atoms with van der Waals surface area (Å²) in [6, 6.07) is 9.48. The number of nitrogens with zero attached hydrogens (tertiary/aromatic N) is 3. The van der Waals surface area contributed by atoms with Crippen LogP contribution in [0.3, 0.4) is 0 Å². The normalized spacial score (nSPS) is 14.5. The van der Waals surface area contributed by atoms with Gasteiger partial charge in [-0.1, -0.05) is 12.1 Å². The van der Waals surface area contributed by atoms with Gasteiger partial charge >= 0.3 is 0 Å². The van der Waals surface area contributed by atoms with Crippen LogP contribution in [0.25, 0.3) is 11.3 Å². The highest BCUT2D eigenvalue weighted by Gasteiger charge is 2.25. The molecule has 0 saturated carbocycles. The first-order chi connectivity index (χ1) is 12.8. The Bertz CT molecular complexity index is 884. The molecule has 4 rings (SSSR count). The zero-order valence-corrected chi connectivity index (χ0v) is 16.1. The Morgan fingerprint density at radius 3 is 2.65 bits per heavy atom. The third kappa shape index (κ3) is 3.32. The SMILES string of the molecule is COc1ccccc1C(=O)N1CCN(c2nc(-c3ccsc3)cs2)CC1. The van der Waals surface area contributed by atoms with Crippen molar-refractivity contribution in [3.63, 3.8) is 0 Å². The summed E-state index contributed by atoms with van der Waals surface area (Å²) in [6.45, 7) is 2.95. The van der Waals surface area contributed by atoms with Gasteiger partial charge < -0.3 is 14.5 Å². The zero-order valence-electron chi connectivity index (χ0n) is 14.4. The average Bonchev–Trinajstić information content (AvgIpc) is 3.39. The third-order valence-corrected chi connectivity index (χ3v) is 6.07. The van der Waals surface area contributed by atoms with Crippen LogP contribution in [0.15, 0.2) is 46.5 Å². The quantitative estimate of drug-likeness (QED) is 0.684. The van der Waals surface area contributed by atoms with E-state index < -0.39 is 0 Å². The van der Waals surface area contributed by atoms with Crippen LogP contribution in [-0.2, 0) is 0 Å². The molecule has 1 saturated heterocycles. The molecule has 0 atom stereocenters. The van der Waals surface area contributed by atoms with Crippen molar-refractivity contribution in [1.82, 2.24) is 9.88 Å². The lowest BCUT2D eigenvalue weighted by Gasteiger charge is -2.34. The molecular weight excluding hydrogens is 366 g/mol. The maximum absolute atomic E-state index is 12.8. The minimum atomic E-state index is 0.0280. The third-order valence-electron chi connectivity index (χ3n) is 4.48. The fourth-order valence-electron chi connectivity index (χ4n) is 3.04. The molecular formula is C19H19N3O2S2. The molecule has 0 unspecified atom stereocenters. The van der Waals surface area contributed by atoms with Crippen LogP contribution in [0.5, 0.6) is 5.75 Å². The molecule has 0 aliphatic carbocycles. The average molecular weight is 386 g/mol. The van der Waals surface area contributed by atoms with Crippen molar-refractivity contribution in [2.75, 3.05) is 38.2 Å². The number of hydrogen-bond acceptors (Lipinski definition) is 6. The Kier molecular flexibility index (Phi) is 4.90. The molecule has 0 spiro atoms. The number of ether oxygens (including phenoxy) is 1. The van der Waals surface area contributed by atoms with Crippen LogP contribution >= 0.6 is 22.7 Å². The van der Waals surface area contributed by atoms with E-state index in [0.29, 0.717) is 24.4 Å². The molecule has 1 amide bonds. The van der Waals surface area contributed by atoms with Gasteiger partial charge in [-0.2, -0.15) is 11.3 Å². The van der Waals surface area contributed by atoms with Crippen LogP contribution in [0.1, 0.15) is 10.4 Å².